The molecule has 2 N–H and O–H groups in total. The Balaban J connectivity index is 1.96. The van der Waals surface area contributed by atoms with Crippen LogP contribution in [0.2, 0.25) is 0 Å². The van der Waals surface area contributed by atoms with Gasteiger partial charge >= 0.3 is 6.18 Å². The fourth-order valence-corrected chi connectivity index (χ4v) is 2.41. The van der Waals surface area contributed by atoms with Crippen molar-refractivity contribution in [3.05, 3.63) is 23.4 Å². The summed E-state index contributed by atoms with van der Waals surface area (Å²) in [4.78, 5) is 6.03. The number of alkyl halides is 3. The molecule has 1 saturated heterocycles. The van der Waals surface area contributed by atoms with Gasteiger partial charge in [0, 0.05) is 37.9 Å². The molecular weight excluding hydrogens is 245 g/mol. The molecule has 7 heteroatoms. The number of hydrogen-bond donors (Lipinski definition) is 2. The van der Waals surface area contributed by atoms with Crippen molar-refractivity contribution >= 4 is 5.82 Å². The van der Waals surface area contributed by atoms with E-state index in [4.69, 9.17) is 0 Å². The highest BCUT2D eigenvalue weighted by Crippen LogP contribution is 2.33. The maximum Gasteiger partial charge on any atom is 0.417 e. The lowest BCUT2D eigenvalue weighted by atomic mass is 10.1. The van der Waals surface area contributed by atoms with Gasteiger partial charge < -0.3 is 10.2 Å². The first kappa shape index (κ1) is 11.7. The summed E-state index contributed by atoms with van der Waals surface area (Å²) in [5, 5.41) is 6.45. The molecule has 0 aromatic carbocycles. The van der Waals surface area contributed by atoms with Crippen molar-refractivity contribution < 1.29 is 13.2 Å². The van der Waals surface area contributed by atoms with Gasteiger partial charge in [0.2, 0.25) is 0 Å². The number of rotatable bonds is 0. The minimum atomic E-state index is -4.33. The lowest BCUT2D eigenvalue weighted by Crippen LogP contribution is -2.60. The highest BCUT2D eigenvalue weighted by molar-refractivity contribution is 5.51. The summed E-state index contributed by atoms with van der Waals surface area (Å²) < 4.78 is 37.8. The molecule has 0 bridgehead atoms. The predicted octanol–water partition coefficient (Wildman–Crippen LogP) is 0.939. The normalized spacial score (nSPS) is 23.5. The molecule has 1 atom stereocenters. The van der Waals surface area contributed by atoms with Gasteiger partial charge in [0.05, 0.1) is 11.7 Å². The largest absolute Gasteiger partial charge is 0.417 e. The molecule has 0 amide bonds. The van der Waals surface area contributed by atoms with Crippen LogP contribution in [0.3, 0.4) is 0 Å². The first-order valence-corrected chi connectivity index (χ1v) is 5.82. The molecule has 1 aromatic heterocycles. The third-order valence-corrected chi connectivity index (χ3v) is 3.31. The van der Waals surface area contributed by atoms with Gasteiger partial charge in [0.1, 0.15) is 5.82 Å². The van der Waals surface area contributed by atoms with Crippen molar-refractivity contribution in [2.45, 2.75) is 18.9 Å². The summed E-state index contributed by atoms with van der Waals surface area (Å²) >= 11 is 0. The molecule has 0 radical (unpaired) electrons. The number of nitrogens with zero attached hydrogens (tertiary/aromatic N) is 2. The lowest BCUT2D eigenvalue weighted by molar-refractivity contribution is -0.137. The number of aromatic nitrogens is 1. The summed E-state index contributed by atoms with van der Waals surface area (Å²) in [5.41, 5.74) is -0.0698. The zero-order valence-corrected chi connectivity index (χ0v) is 9.59. The van der Waals surface area contributed by atoms with E-state index in [1.54, 1.807) is 0 Å². The Bertz CT molecular complexity index is 460. The summed E-state index contributed by atoms with van der Waals surface area (Å²) in [6.07, 6.45) is -3.29. The maximum absolute atomic E-state index is 12.6. The fraction of sp³-hybridized carbons (Fsp3) is 0.545. The smallest absolute Gasteiger partial charge is 0.338 e. The Morgan fingerprint density at radius 3 is 3.00 bits per heavy atom. The van der Waals surface area contributed by atoms with Crippen LogP contribution in [0.15, 0.2) is 12.3 Å². The third-order valence-electron chi connectivity index (χ3n) is 3.31. The molecule has 2 aliphatic heterocycles. The van der Waals surface area contributed by atoms with Crippen molar-refractivity contribution in [1.82, 2.24) is 15.6 Å². The SMILES string of the molecule is FC(F)(F)c1cnc2c(c1)CN[C@H]1CNCCN21. The molecule has 0 saturated carbocycles. The molecule has 3 heterocycles. The van der Waals surface area contributed by atoms with E-state index in [1.165, 1.54) is 6.07 Å². The molecule has 3 rings (SSSR count). The van der Waals surface area contributed by atoms with Crippen LogP contribution in [0, 0.1) is 0 Å². The summed E-state index contributed by atoms with van der Waals surface area (Å²) in [6.45, 7) is 2.78. The van der Waals surface area contributed by atoms with Crippen LogP contribution in [-0.2, 0) is 12.7 Å². The first-order valence-electron chi connectivity index (χ1n) is 5.82. The number of pyridine rings is 1. The minimum absolute atomic E-state index is 0.121. The number of anilines is 1. The van der Waals surface area contributed by atoms with Crippen molar-refractivity contribution in [3.8, 4) is 0 Å². The number of fused-ring (bicyclic) bond motifs is 3. The second-order valence-corrected chi connectivity index (χ2v) is 4.50. The molecule has 0 unspecified atom stereocenters. The Morgan fingerprint density at radius 2 is 2.22 bits per heavy atom. The molecular formula is C11H13F3N4. The highest BCUT2D eigenvalue weighted by atomic mass is 19.4. The van der Waals surface area contributed by atoms with Gasteiger partial charge in [0.25, 0.3) is 0 Å². The van der Waals surface area contributed by atoms with E-state index in [9.17, 15) is 13.2 Å². The molecule has 98 valence electrons. The van der Waals surface area contributed by atoms with Crippen LogP contribution in [0.25, 0.3) is 0 Å². The van der Waals surface area contributed by atoms with Crippen LogP contribution in [0.4, 0.5) is 19.0 Å². The highest BCUT2D eigenvalue weighted by Gasteiger charge is 2.34. The zero-order chi connectivity index (χ0) is 12.8. The third kappa shape index (κ3) is 1.93. The Morgan fingerprint density at radius 1 is 1.39 bits per heavy atom. The second kappa shape index (κ2) is 4.10. The summed E-state index contributed by atoms with van der Waals surface area (Å²) in [6, 6.07) is 1.19. The van der Waals surface area contributed by atoms with Crippen LogP contribution in [-0.4, -0.2) is 30.8 Å². The lowest BCUT2D eigenvalue weighted by Gasteiger charge is -2.42. The van der Waals surface area contributed by atoms with Gasteiger partial charge in [-0.05, 0) is 6.07 Å². The van der Waals surface area contributed by atoms with E-state index in [0.717, 1.165) is 25.8 Å². The monoisotopic (exact) mass is 258 g/mol. The van der Waals surface area contributed by atoms with Crippen LogP contribution < -0.4 is 15.5 Å². The molecule has 0 spiro atoms. The van der Waals surface area contributed by atoms with E-state index in [0.29, 0.717) is 17.9 Å². The van der Waals surface area contributed by atoms with Crippen molar-refractivity contribution in [2.24, 2.45) is 0 Å². The first-order chi connectivity index (χ1) is 8.55. The number of piperazine rings is 1. The Hall–Kier alpha value is -1.34. The van der Waals surface area contributed by atoms with Gasteiger partial charge in [-0.25, -0.2) is 4.98 Å². The van der Waals surface area contributed by atoms with Crippen LogP contribution >= 0.6 is 0 Å². The summed E-state index contributed by atoms with van der Waals surface area (Å²) in [5.74, 6) is 0.674. The molecule has 4 nitrogen and oxygen atoms in total. The van der Waals surface area contributed by atoms with E-state index in [-0.39, 0.29) is 6.17 Å². The standard InChI is InChI=1S/C11H13F3N4/c12-11(13,14)8-3-7-4-16-9-6-15-1-2-18(9)10(7)17-5-8/h3,5,9,15-16H,1-2,4,6H2/t9-/m1/s1. The van der Waals surface area contributed by atoms with Gasteiger partial charge in [0.15, 0.2) is 0 Å². The van der Waals surface area contributed by atoms with Crippen molar-refractivity contribution in [3.63, 3.8) is 0 Å². The van der Waals surface area contributed by atoms with E-state index in [2.05, 4.69) is 15.6 Å². The van der Waals surface area contributed by atoms with E-state index in [1.807, 2.05) is 4.90 Å². The predicted molar refractivity (Wildman–Crippen MR) is 60.1 cm³/mol. The molecule has 1 aromatic rings. The maximum atomic E-state index is 12.6. The van der Waals surface area contributed by atoms with Crippen molar-refractivity contribution in [2.75, 3.05) is 24.5 Å². The van der Waals surface area contributed by atoms with Crippen LogP contribution in [0.5, 0.6) is 0 Å². The molecule has 2 aliphatic rings. The van der Waals surface area contributed by atoms with Crippen molar-refractivity contribution in [1.29, 1.82) is 0 Å². The molecule has 18 heavy (non-hydrogen) atoms. The summed E-state index contributed by atoms with van der Waals surface area (Å²) in [7, 11) is 0. The van der Waals surface area contributed by atoms with Gasteiger partial charge in [-0.3, -0.25) is 5.32 Å². The Kier molecular flexibility index (Phi) is 2.67. The average Bonchev–Trinajstić information content (AvgIpc) is 2.37. The molecule has 1 fully saturated rings. The minimum Gasteiger partial charge on any atom is -0.338 e. The fourth-order valence-electron chi connectivity index (χ4n) is 2.41. The van der Waals surface area contributed by atoms with Crippen LogP contribution in [0.1, 0.15) is 11.1 Å². The quantitative estimate of drug-likeness (QED) is 0.726. The van der Waals surface area contributed by atoms with E-state index < -0.39 is 11.7 Å². The van der Waals surface area contributed by atoms with Gasteiger partial charge in [-0.2, -0.15) is 13.2 Å². The second-order valence-electron chi connectivity index (χ2n) is 4.50. The Labute approximate surface area is 102 Å². The molecule has 0 aliphatic carbocycles. The topological polar surface area (TPSA) is 40.2 Å². The average molecular weight is 258 g/mol. The zero-order valence-electron chi connectivity index (χ0n) is 9.59. The number of nitrogens with one attached hydrogen (secondary N) is 2. The van der Waals surface area contributed by atoms with E-state index >= 15 is 0 Å². The van der Waals surface area contributed by atoms with Gasteiger partial charge in [-0.15, -0.1) is 0 Å². The number of halogens is 3. The van der Waals surface area contributed by atoms with Gasteiger partial charge in [-0.1, -0.05) is 0 Å². The number of hydrogen-bond acceptors (Lipinski definition) is 4.